The van der Waals surface area contributed by atoms with E-state index < -0.39 is 17.5 Å². The van der Waals surface area contributed by atoms with E-state index in [9.17, 15) is 14.3 Å². The van der Waals surface area contributed by atoms with Crippen LogP contribution in [-0.2, 0) is 4.74 Å². The number of amides is 1. The standard InChI is InChI=1S/C24H27FN4O3/c1-24(2,3)32-23(31)29(16-10-12-26-13-11-16)22-18-14-15(25)8-9-19(18)27-21(28-22)17-6-4-5-7-20(17)30/h4-9,14,16,26,30H,10-13H2,1-3H3. The van der Waals surface area contributed by atoms with Crippen LogP contribution in [0.15, 0.2) is 42.5 Å². The molecule has 1 aromatic heterocycles. The number of phenols is 1. The molecule has 1 amide bonds. The molecule has 0 saturated carbocycles. The summed E-state index contributed by atoms with van der Waals surface area (Å²) in [7, 11) is 0. The Labute approximate surface area is 186 Å². The van der Waals surface area contributed by atoms with Crippen molar-refractivity contribution < 1.29 is 19.0 Å². The van der Waals surface area contributed by atoms with Gasteiger partial charge in [0.2, 0.25) is 0 Å². The highest BCUT2D eigenvalue weighted by molar-refractivity contribution is 5.99. The Kier molecular flexibility index (Phi) is 5.97. The van der Waals surface area contributed by atoms with Crippen molar-refractivity contribution in [2.75, 3.05) is 18.0 Å². The lowest BCUT2D eigenvalue weighted by Crippen LogP contribution is -2.48. The average molecular weight is 439 g/mol. The molecule has 1 aliphatic heterocycles. The number of hydrogen-bond acceptors (Lipinski definition) is 6. The predicted octanol–water partition coefficient (Wildman–Crippen LogP) is 4.64. The minimum absolute atomic E-state index is 0.0191. The summed E-state index contributed by atoms with van der Waals surface area (Å²) in [5, 5.41) is 14.1. The maximum Gasteiger partial charge on any atom is 0.416 e. The van der Waals surface area contributed by atoms with Crippen LogP contribution in [0.2, 0.25) is 0 Å². The van der Waals surface area contributed by atoms with Crippen LogP contribution in [0.25, 0.3) is 22.3 Å². The molecule has 3 aromatic rings. The smallest absolute Gasteiger partial charge is 0.416 e. The van der Waals surface area contributed by atoms with Gasteiger partial charge in [0.05, 0.1) is 11.1 Å². The molecule has 7 nitrogen and oxygen atoms in total. The van der Waals surface area contributed by atoms with Gasteiger partial charge in [-0.1, -0.05) is 12.1 Å². The van der Waals surface area contributed by atoms with Gasteiger partial charge in [-0.15, -0.1) is 0 Å². The zero-order valence-corrected chi connectivity index (χ0v) is 18.4. The van der Waals surface area contributed by atoms with Crippen LogP contribution in [-0.4, -0.2) is 45.9 Å². The second kappa shape index (κ2) is 8.70. The van der Waals surface area contributed by atoms with Crippen LogP contribution < -0.4 is 10.2 Å². The van der Waals surface area contributed by atoms with Crippen LogP contribution >= 0.6 is 0 Å². The Hall–Kier alpha value is -3.26. The highest BCUT2D eigenvalue weighted by atomic mass is 19.1. The Morgan fingerprint density at radius 2 is 1.88 bits per heavy atom. The lowest BCUT2D eigenvalue weighted by atomic mass is 10.0. The molecule has 32 heavy (non-hydrogen) atoms. The number of phenolic OH excluding ortho intramolecular Hbond substituents is 1. The molecule has 2 N–H and O–H groups in total. The number of para-hydroxylation sites is 1. The summed E-state index contributed by atoms with van der Waals surface area (Å²) >= 11 is 0. The largest absolute Gasteiger partial charge is 0.507 e. The van der Waals surface area contributed by atoms with Crippen molar-refractivity contribution in [3.63, 3.8) is 0 Å². The number of fused-ring (bicyclic) bond motifs is 1. The van der Waals surface area contributed by atoms with E-state index in [2.05, 4.69) is 15.3 Å². The Morgan fingerprint density at radius 1 is 1.16 bits per heavy atom. The Morgan fingerprint density at radius 3 is 2.56 bits per heavy atom. The van der Waals surface area contributed by atoms with Crippen molar-refractivity contribution in [2.24, 2.45) is 0 Å². The van der Waals surface area contributed by atoms with Gasteiger partial charge in [-0.05, 0) is 77.0 Å². The van der Waals surface area contributed by atoms with Gasteiger partial charge in [0.1, 0.15) is 23.0 Å². The number of anilines is 1. The normalized spacial score (nSPS) is 15.0. The van der Waals surface area contributed by atoms with Crippen molar-refractivity contribution in [1.29, 1.82) is 0 Å². The highest BCUT2D eigenvalue weighted by Crippen LogP contribution is 2.34. The van der Waals surface area contributed by atoms with Crippen molar-refractivity contribution >= 4 is 22.8 Å². The first-order valence-electron chi connectivity index (χ1n) is 10.7. The monoisotopic (exact) mass is 438 g/mol. The minimum Gasteiger partial charge on any atom is -0.507 e. The molecule has 0 radical (unpaired) electrons. The van der Waals surface area contributed by atoms with Gasteiger partial charge in [0.15, 0.2) is 5.82 Å². The lowest BCUT2D eigenvalue weighted by molar-refractivity contribution is 0.0558. The van der Waals surface area contributed by atoms with Gasteiger partial charge in [-0.2, -0.15) is 0 Å². The number of halogens is 1. The SMILES string of the molecule is CC(C)(C)OC(=O)N(c1nc(-c2ccccc2O)nc2ccc(F)cc12)C1CCNCC1. The second-order valence-corrected chi connectivity index (χ2v) is 8.88. The first-order chi connectivity index (χ1) is 15.2. The van der Waals surface area contributed by atoms with E-state index in [1.54, 1.807) is 51.1 Å². The number of rotatable bonds is 3. The maximum atomic E-state index is 14.2. The topological polar surface area (TPSA) is 87.6 Å². The van der Waals surface area contributed by atoms with Crippen LogP contribution in [0.1, 0.15) is 33.6 Å². The zero-order valence-electron chi connectivity index (χ0n) is 18.4. The first kappa shape index (κ1) is 22.0. The number of nitrogens with zero attached hydrogens (tertiary/aromatic N) is 3. The molecule has 2 aromatic carbocycles. The molecular weight excluding hydrogens is 411 g/mol. The van der Waals surface area contributed by atoms with Gasteiger partial charge < -0.3 is 15.2 Å². The second-order valence-electron chi connectivity index (χ2n) is 8.88. The zero-order chi connectivity index (χ0) is 22.9. The maximum absolute atomic E-state index is 14.2. The number of hydrogen-bond donors (Lipinski definition) is 2. The number of aromatic nitrogens is 2. The van der Waals surface area contributed by atoms with E-state index in [1.807, 2.05) is 0 Å². The summed E-state index contributed by atoms with van der Waals surface area (Å²) in [6.45, 7) is 6.89. The number of carbonyl (C=O) groups is 1. The molecule has 1 fully saturated rings. The lowest BCUT2D eigenvalue weighted by Gasteiger charge is -2.35. The molecular formula is C24H27FN4O3. The van der Waals surface area contributed by atoms with Crippen LogP contribution in [0, 0.1) is 5.82 Å². The summed E-state index contributed by atoms with van der Waals surface area (Å²) in [5.41, 5.74) is 0.184. The van der Waals surface area contributed by atoms with Crippen LogP contribution in [0.4, 0.5) is 15.0 Å². The number of ether oxygens (including phenoxy) is 1. The fourth-order valence-electron chi connectivity index (χ4n) is 3.84. The van der Waals surface area contributed by atoms with Crippen molar-refractivity contribution in [3.05, 3.63) is 48.3 Å². The van der Waals surface area contributed by atoms with E-state index in [1.165, 1.54) is 17.0 Å². The molecule has 2 heterocycles. The van der Waals surface area contributed by atoms with Gasteiger partial charge in [0, 0.05) is 11.4 Å². The van der Waals surface area contributed by atoms with Gasteiger partial charge >= 0.3 is 6.09 Å². The molecule has 168 valence electrons. The molecule has 4 rings (SSSR count). The van der Waals surface area contributed by atoms with Crippen molar-refractivity contribution in [1.82, 2.24) is 15.3 Å². The summed E-state index contributed by atoms with van der Waals surface area (Å²) in [6.07, 6.45) is 0.856. The third kappa shape index (κ3) is 4.65. The molecule has 1 saturated heterocycles. The number of nitrogens with one attached hydrogen (secondary N) is 1. The molecule has 0 spiro atoms. The molecule has 0 bridgehead atoms. The minimum atomic E-state index is -0.711. The summed E-state index contributed by atoms with van der Waals surface area (Å²) in [5.74, 6) is 0.0892. The third-order valence-corrected chi connectivity index (χ3v) is 5.27. The molecule has 8 heteroatoms. The number of carbonyl (C=O) groups excluding carboxylic acids is 1. The highest BCUT2D eigenvalue weighted by Gasteiger charge is 2.33. The van der Waals surface area contributed by atoms with Gasteiger partial charge in [-0.3, -0.25) is 4.90 Å². The summed E-state index contributed by atoms with van der Waals surface area (Å²) in [4.78, 5) is 24.1. The predicted molar refractivity (Wildman–Crippen MR) is 121 cm³/mol. The van der Waals surface area contributed by atoms with E-state index in [0.29, 0.717) is 29.3 Å². The molecule has 0 unspecified atom stereocenters. The van der Waals surface area contributed by atoms with Gasteiger partial charge in [0.25, 0.3) is 0 Å². The number of piperidine rings is 1. The summed E-state index contributed by atoms with van der Waals surface area (Å²) in [6, 6.07) is 10.7. The fourth-order valence-corrected chi connectivity index (χ4v) is 3.84. The average Bonchev–Trinajstić information content (AvgIpc) is 2.74. The van der Waals surface area contributed by atoms with E-state index >= 15 is 0 Å². The fraction of sp³-hybridized carbons (Fsp3) is 0.375. The quantitative estimate of drug-likeness (QED) is 0.620. The van der Waals surface area contributed by atoms with E-state index in [-0.39, 0.29) is 23.4 Å². The van der Waals surface area contributed by atoms with E-state index in [0.717, 1.165) is 13.1 Å². The number of aromatic hydroxyl groups is 1. The van der Waals surface area contributed by atoms with Crippen LogP contribution in [0.5, 0.6) is 5.75 Å². The van der Waals surface area contributed by atoms with Crippen molar-refractivity contribution in [2.45, 2.75) is 45.3 Å². The molecule has 0 atom stereocenters. The Balaban J connectivity index is 1.93. The third-order valence-electron chi connectivity index (χ3n) is 5.27. The van der Waals surface area contributed by atoms with E-state index in [4.69, 9.17) is 4.74 Å². The molecule has 0 aliphatic carbocycles. The Bertz CT molecular complexity index is 1140. The number of benzene rings is 2. The summed E-state index contributed by atoms with van der Waals surface area (Å²) < 4.78 is 20.0. The molecule has 1 aliphatic rings. The van der Waals surface area contributed by atoms with Gasteiger partial charge in [-0.25, -0.2) is 19.2 Å². The first-order valence-corrected chi connectivity index (χ1v) is 10.7. The van der Waals surface area contributed by atoms with Crippen LogP contribution in [0.3, 0.4) is 0 Å². The van der Waals surface area contributed by atoms with Crippen molar-refractivity contribution in [3.8, 4) is 17.1 Å².